The van der Waals surface area contributed by atoms with Crippen LogP contribution in [0.2, 0.25) is 0 Å². The second-order valence-corrected chi connectivity index (χ2v) is 4.26. The lowest BCUT2D eigenvalue weighted by molar-refractivity contribution is 0.343. The van der Waals surface area contributed by atoms with Crippen molar-refractivity contribution in [1.82, 2.24) is 0 Å². The van der Waals surface area contributed by atoms with E-state index in [4.69, 9.17) is 4.74 Å². The van der Waals surface area contributed by atoms with Crippen LogP contribution in [0.4, 0.5) is 4.39 Å². The van der Waals surface area contributed by atoms with Crippen molar-refractivity contribution in [3.05, 3.63) is 28.9 Å². The molecule has 2 rings (SSSR count). The van der Waals surface area contributed by atoms with E-state index in [0.717, 1.165) is 16.0 Å². The van der Waals surface area contributed by atoms with Gasteiger partial charge in [-0.1, -0.05) is 6.07 Å². The van der Waals surface area contributed by atoms with Crippen molar-refractivity contribution in [1.29, 1.82) is 0 Å². The zero-order valence-electron chi connectivity index (χ0n) is 8.13. The Morgan fingerprint density at radius 2 is 2.21 bits per heavy atom. The predicted octanol–water partition coefficient (Wildman–Crippen LogP) is 3.75. The van der Waals surface area contributed by atoms with Crippen molar-refractivity contribution in [2.24, 2.45) is 0 Å². The minimum absolute atomic E-state index is 0.165. The number of halogens is 1. The molecule has 0 saturated carbocycles. The SMILES string of the molecule is CCOc1c(C)sc2c(F)cccc12. The molecule has 0 amide bonds. The monoisotopic (exact) mass is 210 g/mol. The van der Waals surface area contributed by atoms with E-state index in [1.165, 1.54) is 17.4 Å². The Bertz CT molecular complexity index is 462. The molecule has 0 unspecified atom stereocenters. The van der Waals surface area contributed by atoms with E-state index in [1.807, 2.05) is 19.9 Å². The van der Waals surface area contributed by atoms with Crippen LogP contribution >= 0.6 is 11.3 Å². The second-order valence-electron chi connectivity index (χ2n) is 3.04. The Morgan fingerprint density at radius 1 is 1.43 bits per heavy atom. The molecular formula is C11H11FOS. The Morgan fingerprint density at radius 3 is 2.93 bits per heavy atom. The molecule has 0 bridgehead atoms. The summed E-state index contributed by atoms with van der Waals surface area (Å²) in [6.07, 6.45) is 0. The van der Waals surface area contributed by atoms with Gasteiger partial charge in [0.1, 0.15) is 11.6 Å². The van der Waals surface area contributed by atoms with Gasteiger partial charge >= 0.3 is 0 Å². The fourth-order valence-electron chi connectivity index (χ4n) is 1.50. The molecule has 0 atom stereocenters. The maximum absolute atomic E-state index is 13.4. The third-order valence-electron chi connectivity index (χ3n) is 2.08. The molecule has 1 nitrogen and oxygen atoms in total. The van der Waals surface area contributed by atoms with Crippen LogP contribution < -0.4 is 4.74 Å². The largest absolute Gasteiger partial charge is 0.492 e. The lowest BCUT2D eigenvalue weighted by Gasteiger charge is -2.01. The van der Waals surface area contributed by atoms with Crippen LogP contribution in [-0.2, 0) is 0 Å². The molecule has 2 aromatic rings. The molecule has 3 heteroatoms. The fraction of sp³-hybridized carbons (Fsp3) is 0.273. The van der Waals surface area contributed by atoms with E-state index in [1.54, 1.807) is 6.07 Å². The van der Waals surface area contributed by atoms with Crippen molar-refractivity contribution in [3.63, 3.8) is 0 Å². The fourth-order valence-corrected chi connectivity index (χ4v) is 2.51. The molecule has 0 fully saturated rings. The van der Waals surface area contributed by atoms with Crippen LogP contribution in [0, 0.1) is 12.7 Å². The van der Waals surface area contributed by atoms with Gasteiger partial charge in [-0.2, -0.15) is 0 Å². The summed E-state index contributed by atoms with van der Waals surface area (Å²) < 4.78 is 19.6. The molecule has 0 aliphatic heterocycles. The van der Waals surface area contributed by atoms with E-state index in [-0.39, 0.29) is 5.82 Å². The number of ether oxygens (including phenoxy) is 1. The van der Waals surface area contributed by atoms with Gasteiger partial charge in [-0.05, 0) is 26.0 Å². The average molecular weight is 210 g/mol. The molecule has 0 aliphatic carbocycles. The highest BCUT2D eigenvalue weighted by Gasteiger charge is 2.12. The first-order valence-electron chi connectivity index (χ1n) is 4.54. The van der Waals surface area contributed by atoms with Gasteiger partial charge in [0.2, 0.25) is 0 Å². The van der Waals surface area contributed by atoms with Crippen LogP contribution in [0.5, 0.6) is 5.75 Å². The number of benzene rings is 1. The highest BCUT2D eigenvalue weighted by atomic mass is 32.1. The summed E-state index contributed by atoms with van der Waals surface area (Å²) in [6, 6.07) is 5.09. The normalized spacial score (nSPS) is 10.8. The smallest absolute Gasteiger partial charge is 0.141 e. The van der Waals surface area contributed by atoms with Gasteiger partial charge in [0.05, 0.1) is 11.3 Å². The quantitative estimate of drug-likeness (QED) is 0.733. The first-order chi connectivity index (χ1) is 6.74. The number of hydrogen-bond acceptors (Lipinski definition) is 2. The van der Waals surface area contributed by atoms with E-state index in [9.17, 15) is 4.39 Å². The summed E-state index contributed by atoms with van der Waals surface area (Å²) in [4.78, 5) is 1.03. The lowest BCUT2D eigenvalue weighted by Crippen LogP contribution is -1.91. The van der Waals surface area contributed by atoms with E-state index in [2.05, 4.69) is 0 Å². The molecule has 0 spiro atoms. The summed E-state index contributed by atoms with van der Waals surface area (Å²) in [7, 11) is 0. The molecule has 0 N–H and O–H groups in total. The number of hydrogen-bond donors (Lipinski definition) is 0. The first kappa shape index (κ1) is 9.46. The van der Waals surface area contributed by atoms with Gasteiger partial charge in [0, 0.05) is 10.3 Å². The highest BCUT2D eigenvalue weighted by Crippen LogP contribution is 2.38. The molecule has 0 aliphatic rings. The van der Waals surface area contributed by atoms with E-state index < -0.39 is 0 Å². The average Bonchev–Trinajstić information content (AvgIpc) is 2.47. The molecule has 0 saturated heterocycles. The molecule has 1 heterocycles. The zero-order valence-corrected chi connectivity index (χ0v) is 8.95. The van der Waals surface area contributed by atoms with Gasteiger partial charge < -0.3 is 4.74 Å². The molecular weight excluding hydrogens is 199 g/mol. The lowest BCUT2D eigenvalue weighted by atomic mass is 10.2. The van der Waals surface area contributed by atoms with Crippen LogP contribution in [0.25, 0.3) is 10.1 Å². The van der Waals surface area contributed by atoms with Crippen LogP contribution in [0.1, 0.15) is 11.8 Å². The van der Waals surface area contributed by atoms with Gasteiger partial charge in [0.25, 0.3) is 0 Å². The molecule has 14 heavy (non-hydrogen) atoms. The topological polar surface area (TPSA) is 9.23 Å². The number of fused-ring (bicyclic) bond motifs is 1. The second kappa shape index (κ2) is 3.58. The number of rotatable bonds is 2. The van der Waals surface area contributed by atoms with E-state index >= 15 is 0 Å². The minimum atomic E-state index is -0.165. The standard InChI is InChI=1S/C11H11FOS/c1-3-13-10-7(2)14-11-8(10)5-4-6-9(11)12/h4-6H,3H2,1-2H3. The van der Waals surface area contributed by atoms with Crippen molar-refractivity contribution in [2.45, 2.75) is 13.8 Å². The third kappa shape index (κ3) is 1.38. The van der Waals surface area contributed by atoms with Crippen LogP contribution in [-0.4, -0.2) is 6.61 Å². The molecule has 0 radical (unpaired) electrons. The molecule has 74 valence electrons. The predicted molar refractivity (Wildman–Crippen MR) is 57.7 cm³/mol. The molecule has 1 aromatic heterocycles. The summed E-state index contributed by atoms with van der Waals surface area (Å²) in [5.74, 6) is 0.661. The summed E-state index contributed by atoms with van der Waals surface area (Å²) in [5, 5.41) is 0.884. The van der Waals surface area contributed by atoms with Gasteiger partial charge in [0.15, 0.2) is 0 Å². The Hall–Kier alpha value is -1.09. The summed E-state index contributed by atoms with van der Waals surface area (Å²) in [6.45, 7) is 4.50. The Kier molecular flexibility index (Phi) is 2.42. The van der Waals surface area contributed by atoms with Crippen LogP contribution in [0.15, 0.2) is 18.2 Å². The maximum atomic E-state index is 13.4. The zero-order chi connectivity index (χ0) is 10.1. The Labute approximate surface area is 86.1 Å². The third-order valence-corrected chi connectivity index (χ3v) is 3.19. The van der Waals surface area contributed by atoms with E-state index in [0.29, 0.717) is 11.3 Å². The number of aryl methyl sites for hydroxylation is 1. The van der Waals surface area contributed by atoms with Crippen LogP contribution in [0.3, 0.4) is 0 Å². The summed E-state index contributed by atoms with van der Waals surface area (Å²) in [5.41, 5.74) is 0. The summed E-state index contributed by atoms with van der Waals surface area (Å²) >= 11 is 1.45. The minimum Gasteiger partial charge on any atom is -0.492 e. The van der Waals surface area contributed by atoms with Crippen molar-refractivity contribution in [3.8, 4) is 5.75 Å². The maximum Gasteiger partial charge on any atom is 0.141 e. The van der Waals surface area contributed by atoms with Gasteiger partial charge in [-0.25, -0.2) is 4.39 Å². The van der Waals surface area contributed by atoms with Gasteiger partial charge in [-0.15, -0.1) is 11.3 Å². The highest BCUT2D eigenvalue weighted by molar-refractivity contribution is 7.19. The number of thiophene rings is 1. The van der Waals surface area contributed by atoms with Crippen molar-refractivity contribution < 1.29 is 9.13 Å². The Balaban J connectivity index is 2.70. The first-order valence-corrected chi connectivity index (χ1v) is 5.36. The van der Waals surface area contributed by atoms with Gasteiger partial charge in [-0.3, -0.25) is 0 Å². The molecule has 1 aromatic carbocycles. The van der Waals surface area contributed by atoms with Crippen molar-refractivity contribution >= 4 is 21.4 Å². The van der Waals surface area contributed by atoms with Crippen molar-refractivity contribution in [2.75, 3.05) is 6.61 Å².